The summed E-state index contributed by atoms with van der Waals surface area (Å²) in [6.07, 6.45) is -2.76. The average molecular weight is 255 g/mol. The summed E-state index contributed by atoms with van der Waals surface area (Å²) in [5.41, 5.74) is 0.205. The van der Waals surface area contributed by atoms with Gasteiger partial charge in [-0.25, -0.2) is 0 Å². The van der Waals surface area contributed by atoms with E-state index in [1.807, 2.05) is 6.92 Å². The minimum Gasteiger partial charge on any atom is -0.347 e. The van der Waals surface area contributed by atoms with Gasteiger partial charge in [-0.2, -0.15) is 13.2 Å². The lowest BCUT2D eigenvalue weighted by Crippen LogP contribution is -2.05. The molecule has 1 aromatic heterocycles. The zero-order chi connectivity index (χ0) is 13.5. The fourth-order valence-corrected chi connectivity index (χ4v) is 2.01. The van der Waals surface area contributed by atoms with Crippen LogP contribution in [0.2, 0.25) is 0 Å². The number of benzene rings is 1. The molecule has 0 saturated carbocycles. The van der Waals surface area contributed by atoms with Gasteiger partial charge in [0.15, 0.2) is 5.78 Å². The van der Waals surface area contributed by atoms with Crippen molar-refractivity contribution >= 4 is 16.7 Å². The molecule has 2 aromatic rings. The quantitative estimate of drug-likeness (QED) is 0.746. The van der Waals surface area contributed by atoms with Gasteiger partial charge in [0.1, 0.15) is 0 Å². The second-order valence-electron chi connectivity index (χ2n) is 4.11. The monoisotopic (exact) mass is 255 g/mol. The number of rotatable bonds is 2. The Bertz CT molecular complexity index is 610. The third-order valence-corrected chi connectivity index (χ3v) is 2.93. The van der Waals surface area contributed by atoms with Crippen LogP contribution in [0.4, 0.5) is 13.2 Å². The van der Waals surface area contributed by atoms with Crippen molar-refractivity contribution in [1.82, 2.24) is 4.57 Å². The summed E-state index contributed by atoms with van der Waals surface area (Å²) < 4.78 is 39.6. The third kappa shape index (κ3) is 2.00. The van der Waals surface area contributed by atoms with Crippen LogP contribution in [-0.4, -0.2) is 10.4 Å². The van der Waals surface area contributed by atoms with Gasteiger partial charge in [0.2, 0.25) is 0 Å². The number of fused-ring (bicyclic) bond motifs is 1. The summed E-state index contributed by atoms with van der Waals surface area (Å²) in [5, 5.41) is 0.567. The number of aromatic nitrogens is 1. The van der Waals surface area contributed by atoms with E-state index < -0.39 is 11.7 Å². The van der Waals surface area contributed by atoms with Crippen molar-refractivity contribution in [3.05, 3.63) is 35.5 Å². The highest BCUT2D eigenvalue weighted by atomic mass is 19.4. The van der Waals surface area contributed by atoms with Crippen LogP contribution in [0.15, 0.2) is 24.4 Å². The molecule has 0 spiro atoms. The fraction of sp³-hybridized carbons (Fsp3) is 0.308. The number of carbonyl (C=O) groups excluding carboxylic acids is 1. The number of aryl methyl sites for hydroxylation is 1. The van der Waals surface area contributed by atoms with E-state index in [1.165, 1.54) is 13.0 Å². The molecule has 5 heteroatoms. The Morgan fingerprint density at radius 1 is 1.33 bits per heavy atom. The van der Waals surface area contributed by atoms with Crippen LogP contribution in [0.5, 0.6) is 0 Å². The number of nitrogens with zero attached hydrogens (tertiary/aromatic N) is 1. The average Bonchev–Trinajstić information content (AvgIpc) is 2.65. The van der Waals surface area contributed by atoms with Gasteiger partial charge in [-0.1, -0.05) is 6.07 Å². The van der Waals surface area contributed by atoms with Crippen LogP contribution in [0, 0.1) is 0 Å². The predicted molar refractivity (Wildman–Crippen MR) is 62.6 cm³/mol. The molecule has 0 unspecified atom stereocenters. The standard InChI is InChI=1S/C13H12F3NO/c1-3-17-7-11(8(2)18)10-5-4-9(6-12(10)17)13(14,15)16/h4-7H,3H2,1-2H3. The lowest BCUT2D eigenvalue weighted by molar-refractivity contribution is -0.137. The first-order valence-electron chi connectivity index (χ1n) is 5.55. The molecule has 0 radical (unpaired) electrons. The molecule has 2 rings (SSSR count). The summed E-state index contributed by atoms with van der Waals surface area (Å²) in [7, 11) is 0. The first-order chi connectivity index (χ1) is 8.34. The van der Waals surface area contributed by atoms with Crippen LogP contribution in [0.3, 0.4) is 0 Å². The normalized spacial score (nSPS) is 12.1. The molecule has 0 atom stereocenters. The Hall–Kier alpha value is -1.78. The third-order valence-electron chi connectivity index (χ3n) is 2.93. The van der Waals surface area contributed by atoms with Gasteiger partial charge < -0.3 is 4.57 Å². The van der Waals surface area contributed by atoms with Crippen molar-refractivity contribution in [3.63, 3.8) is 0 Å². The van der Waals surface area contributed by atoms with Crippen molar-refractivity contribution in [1.29, 1.82) is 0 Å². The first-order valence-corrected chi connectivity index (χ1v) is 5.55. The minimum absolute atomic E-state index is 0.146. The predicted octanol–water partition coefficient (Wildman–Crippen LogP) is 3.88. The Morgan fingerprint density at radius 3 is 2.50 bits per heavy atom. The van der Waals surface area contributed by atoms with Gasteiger partial charge >= 0.3 is 6.18 Å². The van der Waals surface area contributed by atoms with Gasteiger partial charge in [0.25, 0.3) is 0 Å². The van der Waals surface area contributed by atoms with Crippen molar-refractivity contribution in [3.8, 4) is 0 Å². The van der Waals surface area contributed by atoms with E-state index in [1.54, 1.807) is 10.8 Å². The Balaban J connectivity index is 2.73. The highest BCUT2D eigenvalue weighted by Gasteiger charge is 2.31. The summed E-state index contributed by atoms with van der Waals surface area (Å²) in [6, 6.07) is 3.46. The fourth-order valence-electron chi connectivity index (χ4n) is 2.01. The molecule has 0 bridgehead atoms. The first kappa shape index (κ1) is 12.7. The van der Waals surface area contributed by atoms with Crippen LogP contribution in [0.1, 0.15) is 29.8 Å². The maximum Gasteiger partial charge on any atom is 0.416 e. The van der Waals surface area contributed by atoms with Crippen LogP contribution in [0.25, 0.3) is 10.9 Å². The van der Waals surface area contributed by atoms with Crippen molar-refractivity contribution < 1.29 is 18.0 Å². The van der Waals surface area contributed by atoms with Crippen molar-refractivity contribution in [2.24, 2.45) is 0 Å². The van der Waals surface area contributed by atoms with E-state index in [4.69, 9.17) is 0 Å². The van der Waals surface area contributed by atoms with Crippen molar-refractivity contribution in [2.75, 3.05) is 0 Å². The maximum absolute atomic E-state index is 12.6. The smallest absolute Gasteiger partial charge is 0.347 e. The van der Waals surface area contributed by atoms with E-state index in [0.717, 1.165) is 12.1 Å². The molecular formula is C13H12F3NO. The zero-order valence-electron chi connectivity index (χ0n) is 10.0. The molecule has 0 aliphatic rings. The van der Waals surface area contributed by atoms with E-state index in [2.05, 4.69) is 0 Å². The summed E-state index contributed by atoms with van der Waals surface area (Å²) in [5.74, 6) is -0.146. The van der Waals surface area contributed by atoms with E-state index in [9.17, 15) is 18.0 Å². The van der Waals surface area contributed by atoms with Gasteiger partial charge in [-0.3, -0.25) is 4.79 Å². The number of Topliss-reactive ketones (excluding diaryl/α,β-unsaturated/α-hetero) is 1. The number of hydrogen-bond acceptors (Lipinski definition) is 1. The minimum atomic E-state index is -4.37. The lowest BCUT2D eigenvalue weighted by atomic mass is 10.1. The molecule has 1 heterocycles. The lowest BCUT2D eigenvalue weighted by Gasteiger charge is -2.07. The van der Waals surface area contributed by atoms with Crippen LogP contribution >= 0.6 is 0 Å². The Morgan fingerprint density at radius 2 is 2.00 bits per heavy atom. The number of ketones is 1. The molecule has 0 saturated heterocycles. The second-order valence-corrected chi connectivity index (χ2v) is 4.11. The number of alkyl halides is 3. The summed E-state index contributed by atoms with van der Waals surface area (Å²) >= 11 is 0. The van der Waals surface area contributed by atoms with Crippen molar-refractivity contribution in [2.45, 2.75) is 26.6 Å². The van der Waals surface area contributed by atoms with Gasteiger partial charge in [0.05, 0.1) is 5.56 Å². The molecular weight excluding hydrogens is 243 g/mol. The topological polar surface area (TPSA) is 22.0 Å². The van der Waals surface area contributed by atoms with Gasteiger partial charge in [0, 0.05) is 29.2 Å². The number of halogens is 3. The number of carbonyl (C=O) groups is 1. The summed E-state index contributed by atoms with van der Waals surface area (Å²) in [6.45, 7) is 3.75. The molecule has 2 nitrogen and oxygen atoms in total. The molecule has 1 aromatic carbocycles. The highest BCUT2D eigenvalue weighted by Crippen LogP contribution is 2.33. The van der Waals surface area contributed by atoms with Gasteiger partial charge in [-0.05, 0) is 26.0 Å². The van der Waals surface area contributed by atoms with E-state index >= 15 is 0 Å². The number of hydrogen-bond donors (Lipinski definition) is 0. The largest absolute Gasteiger partial charge is 0.416 e. The second kappa shape index (κ2) is 4.15. The molecule has 0 aliphatic carbocycles. The molecule has 96 valence electrons. The Kier molecular flexibility index (Phi) is 2.92. The molecule has 0 amide bonds. The Labute approximate surface area is 102 Å². The van der Waals surface area contributed by atoms with Gasteiger partial charge in [-0.15, -0.1) is 0 Å². The van der Waals surface area contributed by atoms with Crippen LogP contribution in [-0.2, 0) is 12.7 Å². The van der Waals surface area contributed by atoms with Crippen LogP contribution < -0.4 is 0 Å². The SMILES string of the molecule is CCn1cc(C(C)=O)c2ccc(C(F)(F)F)cc21. The van der Waals surface area contributed by atoms with E-state index in [-0.39, 0.29) is 5.78 Å². The molecule has 18 heavy (non-hydrogen) atoms. The maximum atomic E-state index is 12.6. The molecule has 0 fully saturated rings. The molecule has 0 aliphatic heterocycles. The molecule has 0 N–H and O–H groups in total. The zero-order valence-corrected chi connectivity index (χ0v) is 10.0. The van der Waals surface area contributed by atoms with E-state index in [0.29, 0.717) is 23.0 Å². The summed E-state index contributed by atoms with van der Waals surface area (Å²) in [4.78, 5) is 11.4. The highest BCUT2D eigenvalue weighted by molar-refractivity contribution is 6.07.